The van der Waals surface area contributed by atoms with Gasteiger partial charge < -0.3 is 49.6 Å². The lowest BCUT2D eigenvalue weighted by Gasteiger charge is -2.53. The van der Waals surface area contributed by atoms with Crippen molar-refractivity contribution in [3.63, 3.8) is 0 Å². The minimum atomic E-state index is -3.05. The summed E-state index contributed by atoms with van der Waals surface area (Å²) in [4.78, 5) is 64.8. The summed E-state index contributed by atoms with van der Waals surface area (Å²) in [6.45, 7) is 5.79. The van der Waals surface area contributed by atoms with E-state index in [0.29, 0.717) is 6.42 Å². The Balaban J connectivity index is 1.10. The van der Waals surface area contributed by atoms with Crippen LogP contribution in [-0.4, -0.2) is 113 Å². The number of rotatable bonds is 7. The zero-order valence-electron chi connectivity index (χ0n) is 29.2. The Kier molecular flexibility index (Phi) is 9.61. The number of phenolic OH excluding ortho intramolecular Hbond substituents is 1. The first-order valence-corrected chi connectivity index (χ1v) is 17.0. The van der Waals surface area contributed by atoms with Crippen LogP contribution in [-0.2, 0) is 33.3 Å². The number of hydrogen-bond donors (Lipinski definition) is 6. The molecule has 1 saturated carbocycles. The number of aliphatic hydroxyl groups is 4. The molecule has 0 amide bonds. The molecule has 6 N–H and O–H groups in total. The molecule has 10 atom stereocenters. The number of carbonyl (C=O) groups is 5. The minimum Gasteiger partial charge on any atom is -0.507 e. The second kappa shape index (κ2) is 13.4. The van der Waals surface area contributed by atoms with Gasteiger partial charge in [0.25, 0.3) is 5.79 Å². The molecule has 0 spiro atoms. The zero-order chi connectivity index (χ0) is 38.8. The van der Waals surface area contributed by atoms with Gasteiger partial charge in [0, 0.05) is 36.1 Å². The van der Waals surface area contributed by atoms with Gasteiger partial charge >= 0.3 is 11.9 Å². The predicted octanol–water partition coefficient (Wildman–Crippen LogP) is 1.61. The lowest BCUT2D eigenvalue weighted by molar-refractivity contribution is -0.209. The molecular formula is C38H40O15. The molecule has 1 aromatic carbocycles. The molecule has 2 unspecified atom stereocenters. The van der Waals surface area contributed by atoms with Gasteiger partial charge in [-0.3, -0.25) is 14.4 Å². The van der Waals surface area contributed by atoms with E-state index in [1.165, 1.54) is 31.2 Å². The first kappa shape index (κ1) is 38.1. The Hall–Kier alpha value is -4.61. The number of aliphatic carboxylic acids is 1. The third-order valence-corrected chi connectivity index (χ3v) is 10.5. The standard InChI is InChI=1S/C38H40O15/c1-18-23(51-26(39)10-8-6-5-7-9-24-19(2)52-36(4,53-24)34(45)46)13-14-25(50-18)20-11-12-21-27(29(20)40)30(41)22-15-16-37(48)17-35(3,47)32(43)33(44)38(37,49)28(22)31(21)42/h5-12,15-16,18-19,23-25,32,40,43,47-49H,13-14,17H2,1-4H3,(H,45,46)/b6-5+,9-7+,10-8+/t18?,19-,23-,24-,25+,32?,35+,36-,37-,38+/m0/s1. The number of aromatic hydroxyl groups is 1. The Morgan fingerprint density at radius 2 is 1.64 bits per heavy atom. The number of ether oxygens (including phenoxy) is 4. The van der Waals surface area contributed by atoms with E-state index in [4.69, 9.17) is 18.9 Å². The highest BCUT2D eigenvalue weighted by Crippen LogP contribution is 2.52. The number of benzene rings is 1. The maximum atomic E-state index is 13.8. The van der Waals surface area contributed by atoms with Crippen LogP contribution in [0.25, 0.3) is 0 Å². The van der Waals surface area contributed by atoms with Gasteiger partial charge in [-0.25, -0.2) is 9.59 Å². The number of ketones is 3. The highest BCUT2D eigenvalue weighted by molar-refractivity contribution is 6.32. The smallest absolute Gasteiger partial charge is 0.364 e. The van der Waals surface area contributed by atoms with Crippen molar-refractivity contribution < 1.29 is 73.6 Å². The fourth-order valence-corrected chi connectivity index (χ4v) is 7.59. The molecule has 1 aromatic rings. The molecule has 2 heterocycles. The average Bonchev–Trinajstić information content (AvgIpc) is 3.39. The third kappa shape index (κ3) is 6.21. The van der Waals surface area contributed by atoms with E-state index in [0.717, 1.165) is 19.1 Å². The molecular weight excluding hydrogens is 696 g/mol. The SMILES string of the molecule is CC1O[C@@H](c2ccc3c(c2O)C(=O)C2=C(C3=O)[C@@]3(O)C(=O)C(O)[C@](C)(O)C[C@@]3(O)C=C2)CC[C@@H]1OC(=O)/C=C/C=C/C=C/[C@@H]1O[C@@](C)(C(=O)O)O[C@H]1C. The molecule has 5 aliphatic rings. The summed E-state index contributed by atoms with van der Waals surface area (Å²) in [6.07, 6.45) is 5.66. The van der Waals surface area contributed by atoms with Crippen LogP contribution in [0.5, 0.6) is 5.75 Å². The Bertz CT molecular complexity index is 1940. The third-order valence-electron chi connectivity index (χ3n) is 10.5. The number of esters is 1. The first-order valence-electron chi connectivity index (χ1n) is 17.0. The number of fused-ring (bicyclic) bond motifs is 3. The molecule has 282 valence electrons. The van der Waals surface area contributed by atoms with E-state index in [9.17, 15) is 54.6 Å². The summed E-state index contributed by atoms with van der Waals surface area (Å²) >= 11 is 0. The fourth-order valence-electron chi connectivity index (χ4n) is 7.59. The molecule has 3 fully saturated rings. The maximum Gasteiger partial charge on any atom is 0.364 e. The number of allylic oxidation sites excluding steroid dienone is 6. The van der Waals surface area contributed by atoms with E-state index in [2.05, 4.69) is 0 Å². The molecule has 2 aliphatic heterocycles. The number of hydrogen-bond acceptors (Lipinski definition) is 14. The van der Waals surface area contributed by atoms with Gasteiger partial charge in [0.1, 0.15) is 29.7 Å². The van der Waals surface area contributed by atoms with Crippen molar-refractivity contribution in [2.24, 2.45) is 0 Å². The summed E-state index contributed by atoms with van der Waals surface area (Å²) in [5.74, 6) is -7.54. The molecule has 0 bridgehead atoms. The topological polar surface area (TPSA) is 244 Å². The lowest BCUT2D eigenvalue weighted by Crippen LogP contribution is -2.74. The van der Waals surface area contributed by atoms with Gasteiger partial charge in [0.2, 0.25) is 5.78 Å². The van der Waals surface area contributed by atoms with E-state index in [1.54, 1.807) is 38.2 Å². The van der Waals surface area contributed by atoms with Crippen LogP contribution in [0, 0.1) is 0 Å². The van der Waals surface area contributed by atoms with Crippen molar-refractivity contribution in [3.8, 4) is 5.75 Å². The lowest BCUT2D eigenvalue weighted by atomic mass is 9.56. The van der Waals surface area contributed by atoms with Crippen LogP contribution in [0.15, 0.2) is 71.9 Å². The summed E-state index contributed by atoms with van der Waals surface area (Å²) in [6, 6.07) is 2.61. The normalized spacial score (nSPS) is 38.5. The predicted molar refractivity (Wildman–Crippen MR) is 180 cm³/mol. The number of carboxylic acid groups (broad SMARTS) is 1. The summed E-state index contributed by atoms with van der Waals surface area (Å²) in [7, 11) is 0. The zero-order valence-corrected chi connectivity index (χ0v) is 29.2. The highest BCUT2D eigenvalue weighted by atomic mass is 16.8. The maximum absolute atomic E-state index is 13.8. The second-order valence-electron chi connectivity index (χ2n) is 14.3. The van der Waals surface area contributed by atoms with Gasteiger partial charge in [0.15, 0.2) is 17.2 Å². The molecule has 15 heteroatoms. The number of aliphatic hydroxyl groups excluding tert-OH is 1. The number of carboxylic acids is 1. The molecule has 0 radical (unpaired) electrons. The van der Waals surface area contributed by atoms with E-state index < -0.39 is 117 Å². The molecule has 53 heavy (non-hydrogen) atoms. The second-order valence-corrected chi connectivity index (χ2v) is 14.3. The van der Waals surface area contributed by atoms with E-state index in [1.807, 2.05) is 0 Å². The minimum absolute atomic E-state index is 0.176. The Labute approximate surface area is 303 Å². The van der Waals surface area contributed by atoms with Crippen LogP contribution in [0.3, 0.4) is 0 Å². The van der Waals surface area contributed by atoms with Crippen LogP contribution in [0.2, 0.25) is 0 Å². The quantitative estimate of drug-likeness (QED) is 0.132. The van der Waals surface area contributed by atoms with Crippen molar-refractivity contribution in [1.29, 1.82) is 0 Å². The molecule has 0 aromatic heterocycles. The fraction of sp³-hybridized carbons (Fsp3) is 0.447. The summed E-state index contributed by atoms with van der Waals surface area (Å²) < 4.78 is 22.5. The molecule has 6 rings (SSSR count). The Morgan fingerprint density at radius 1 is 0.943 bits per heavy atom. The Morgan fingerprint density at radius 3 is 2.30 bits per heavy atom. The summed E-state index contributed by atoms with van der Waals surface area (Å²) in [5, 5.41) is 64.6. The van der Waals surface area contributed by atoms with Gasteiger partial charge in [-0.1, -0.05) is 42.5 Å². The van der Waals surface area contributed by atoms with Crippen molar-refractivity contribution in [3.05, 3.63) is 88.6 Å². The largest absolute Gasteiger partial charge is 0.507 e. The van der Waals surface area contributed by atoms with Crippen molar-refractivity contribution in [2.45, 2.75) is 106 Å². The van der Waals surface area contributed by atoms with E-state index in [-0.39, 0.29) is 17.5 Å². The number of Topliss-reactive ketones (excluding diaryl/α,β-unsaturated/α-hetero) is 3. The average molecular weight is 737 g/mol. The van der Waals surface area contributed by atoms with Crippen molar-refractivity contribution >= 4 is 29.3 Å². The number of carbonyl (C=O) groups excluding carboxylic acids is 4. The molecule has 2 saturated heterocycles. The van der Waals surface area contributed by atoms with Gasteiger partial charge in [-0.15, -0.1) is 0 Å². The van der Waals surface area contributed by atoms with Crippen LogP contribution in [0.4, 0.5) is 0 Å². The van der Waals surface area contributed by atoms with Crippen LogP contribution >= 0.6 is 0 Å². The molecule has 15 nitrogen and oxygen atoms in total. The highest BCUT2D eigenvalue weighted by Gasteiger charge is 2.69. The van der Waals surface area contributed by atoms with Crippen molar-refractivity contribution in [2.75, 3.05) is 0 Å². The van der Waals surface area contributed by atoms with Crippen LogP contribution in [0.1, 0.15) is 79.3 Å². The van der Waals surface area contributed by atoms with Crippen LogP contribution < -0.4 is 0 Å². The first-order chi connectivity index (χ1) is 24.8. The monoisotopic (exact) mass is 736 g/mol. The van der Waals surface area contributed by atoms with E-state index >= 15 is 0 Å². The van der Waals surface area contributed by atoms with Crippen molar-refractivity contribution in [1.82, 2.24) is 0 Å². The summed E-state index contributed by atoms with van der Waals surface area (Å²) in [5.41, 5.74) is -9.49. The number of phenols is 1. The molecule has 3 aliphatic carbocycles. The van der Waals surface area contributed by atoms with Gasteiger partial charge in [-0.2, -0.15) is 0 Å². The van der Waals surface area contributed by atoms with Gasteiger partial charge in [-0.05, 0) is 45.8 Å². The van der Waals surface area contributed by atoms with Gasteiger partial charge in [0.05, 0.1) is 35.0 Å².